The molecule has 19 heavy (non-hydrogen) atoms. The van der Waals surface area contributed by atoms with Gasteiger partial charge in [-0.15, -0.1) is 0 Å². The predicted molar refractivity (Wildman–Crippen MR) is 74.6 cm³/mol. The van der Waals surface area contributed by atoms with E-state index in [9.17, 15) is 4.79 Å². The molecule has 2 heterocycles. The van der Waals surface area contributed by atoms with Crippen LogP contribution in [0.5, 0.6) is 0 Å². The zero-order valence-electron chi connectivity index (χ0n) is 10.7. The zero-order valence-corrected chi connectivity index (χ0v) is 10.7. The molecule has 1 aromatic heterocycles. The van der Waals surface area contributed by atoms with Crippen molar-refractivity contribution in [3.8, 4) is 0 Å². The topological polar surface area (TPSA) is 54.0 Å². The first-order valence-electron chi connectivity index (χ1n) is 6.65. The largest absolute Gasteiger partial charge is 0.355 e. The van der Waals surface area contributed by atoms with E-state index in [1.54, 1.807) is 0 Å². The molecular formula is C15H17N3O. The Hall–Kier alpha value is -1.94. The van der Waals surface area contributed by atoms with Crippen molar-refractivity contribution in [2.75, 3.05) is 6.54 Å². The summed E-state index contributed by atoms with van der Waals surface area (Å²) in [7, 11) is 0. The predicted octanol–water partition coefficient (Wildman–Crippen LogP) is 1.60. The van der Waals surface area contributed by atoms with Crippen LogP contribution in [0.3, 0.4) is 0 Å². The highest BCUT2D eigenvalue weighted by Crippen LogP contribution is 2.16. The molecule has 1 aliphatic heterocycles. The molecule has 1 aliphatic rings. The average Bonchev–Trinajstić information content (AvgIpc) is 2.47. The number of pyridine rings is 1. The van der Waals surface area contributed by atoms with Crippen LogP contribution < -0.4 is 10.6 Å². The molecule has 1 aromatic carbocycles. The number of benzene rings is 1. The third-order valence-corrected chi connectivity index (χ3v) is 3.56. The molecule has 3 rings (SSSR count). The lowest BCUT2D eigenvalue weighted by Crippen LogP contribution is -2.45. The standard InChI is InChI=1S/C15H17N3O/c19-14-7-6-13(10-18-14)17-9-12-4-1-3-11-5-2-8-16-15(11)12/h1-5,8,13,17H,6-7,9-10H2,(H,18,19). The van der Waals surface area contributed by atoms with E-state index in [1.165, 1.54) is 10.9 Å². The number of hydrogen-bond donors (Lipinski definition) is 2. The third kappa shape index (κ3) is 2.74. The van der Waals surface area contributed by atoms with Gasteiger partial charge >= 0.3 is 0 Å². The van der Waals surface area contributed by atoms with Crippen molar-refractivity contribution in [2.24, 2.45) is 0 Å². The first-order valence-corrected chi connectivity index (χ1v) is 6.65. The second kappa shape index (κ2) is 5.36. The average molecular weight is 255 g/mol. The van der Waals surface area contributed by atoms with Crippen molar-refractivity contribution in [1.29, 1.82) is 0 Å². The van der Waals surface area contributed by atoms with Crippen LogP contribution in [0.4, 0.5) is 0 Å². The van der Waals surface area contributed by atoms with Crippen LogP contribution in [-0.4, -0.2) is 23.5 Å². The summed E-state index contributed by atoms with van der Waals surface area (Å²) < 4.78 is 0. The highest BCUT2D eigenvalue weighted by molar-refractivity contribution is 5.81. The summed E-state index contributed by atoms with van der Waals surface area (Å²) in [5.74, 6) is 0.157. The van der Waals surface area contributed by atoms with Crippen LogP contribution in [0.2, 0.25) is 0 Å². The Morgan fingerprint density at radius 3 is 3.05 bits per heavy atom. The van der Waals surface area contributed by atoms with E-state index in [4.69, 9.17) is 0 Å². The number of amides is 1. The number of nitrogens with zero attached hydrogens (tertiary/aromatic N) is 1. The van der Waals surface area contributed by atoms with Gasteiger partial charge in [0.1, 0.15) is 0 Å². The molecule has 1 atom stereocenters. The van der Waals surface area contributed by atoms with Crippen molar-refractivity contribution >= 4 is 16.8 Å². The van der Waals surface area contributed by atoms with Gasteiger partial charge < -0.3 is 10.6 Å². The van der Waals surface area contributed by atoms with E-state index in [0.717, 1.165) is 25.0 Å². The van der Waals surface area contributed by atoms with Gasteiger partial charge in [-0.2, -0.15) is 0 Å². The normalized spacial score (nSPS) is 19.4. The maximum Gasteiger partial charge on any atom is 0.220 e. The summed E-state index contributed by atoms with van der Waals surface area (Å²) in [4.78, 5) is 15.6. The molecule has 1 unspecified atom stereocenters. The summed E-state index contributed by atoms with van der Waals surface area (Å²) in [6, 6.07) is 10.6. The first kappa shape index (κ1) is 12.1. The summed E-state index contributed by atoms with van der Waals surface area (Å²) in [6.07, 6.45) is 3.35. The van der Waals surface area contributed by atoms with Crippen LogP contribution >= 0.6 is 0 Å². The molecule has 1 saturated heterocycles. The summed E-state index contributed by atoms with van der Waals surface area (Å²) in [5.41, 5.74) is 2.26. The highest BCUT2D eigenvalue weighted by atomic mass is 16.1. The first-order chi connectivity index (χ1) is 9.33. The smallest absolute Gasteiger partial charge is 0.220 e. The van der Waals surface area contributed by atoms with Crippen molar-refractivity contribution in [1.82, 2.24) is 15.6 Å². The minimum Gasteiger partial charge on any atom is -0.355 e. The SMILES string of the molecule is O=C1CCC(NCc2cccc3cccnc23)CN1. The van der Waals surface area contributed by atoms with Gasteiger partial charge in [0.15, 0.2) is 0 Å². The van der Waals surface area contributed by atoms with Crippen molar-refractivity contribution in [3.05, 3.63) is 42.1 Å². The highest BCUT2D eigenvalue weighted by Gasteiger charge is 2.17. The lowest BCUT2D eigenvalue weighted by Gasteiger charge is -2.23. The minimum absolute atomic E-state index is 0.157. The Balaban J connectivity index is 1.70. The second-order valence-corrected chi connectivity index (χ2v) is 4.91. The third-order valence-electron chi connectivity index (χ3n) is 3.56. The van der Waals surface area contributed by atoms with Gasteiger partial charge in [-0.25, -0.2) is 0 Å². The van der Waals surface area contributed by atoms with Crippen LogP contribution in [0.25, 0.3) is 10.9 Å². The van der Waals surface area contributed by atoms with Crippen LogP contribution in [0.15, 0.2) is 36.5 Å². The molecule has 0 bridgehead atoms. The van der Waals surface area contributed by atoms with Crippen molar-refractivity contribution < 1.29 is 4.79 Å². The fourth-order valence-corrected chi connectivity index (χ4v) is 2.47. The molecule has 1 amide bonds. The van der Waals surface area contributed by atoms with Gasteiger partial charge in [-0.1, -0.05) is 24.3 Å². The minimum atomic E-state index is 0.157. The number of carbonyl (C=O) groups is 1. The lowest BCUT2D eigenvalue weighted by molar-refractivity contribution is -0.122. The zero-order chi connectivity index (χ0) is 13.1. The van der Waals surface area contributed by atoms with E-state index < -0.39 is 0 Å². The molecule has 0 aliphatic carbocycles. The van der Waals surface area contributed by atoms with Gasteiger partial charge in [0.2, 0.25) is 5.91 Å². The number of nitrogens with one attached hydrogen (secondary N) is 2. The van der Waals surface area contributed by atoms with E-state index in [-0.39, 0.29) is 5.91 Å². The molecule has 2 aromatic rings. The number of hydrogen-bond acceptors (Lipinski definition) is 3. The fraction of sp³-hybridized carbons (Fsp3) is 0.333. The van der Waals surface area contributed by atoms with Crippen LogP contribution in [0.1, 0.15) is 18.4 Å². The Labute approximate surface area is 112 Å². The second-order valence-electron chi connectivity index (χ2n) is 4.91. The Morgan fingerprint density at radius 1 is 1.32 bits per heavy atom. The maximum absolute atomic E-state index is 11.1. The van der Waals surface area contributed by atoms with E-state index in [1.807, 2.05) is 12.3 Å². The molecule has 4 nitrogen and oxygen atoms in total. The Kier molecular flexibility index (Phi) is 3.42. The Bertz CT molecular complexity index is 581. The summed E-state index contributed by atoms with van der Waals surface area (Å²) >= 11 is 0. The van der Waals surface area contributed by atoms with Crippen molar-refractivity contribution in [3.63, 3.8) is 0 Å². The van der Waals surface area contributed by atoms with Gasteiger partial charge in [-0.3, -0.25) is 9.78 Å². The van der Waals surface area contributed by atoms with Gasteiger partial charge in [0.25, 0.3) is 0 Å². The fourth-order valence-electron chi connectivity index (χ4n) is 2.47. The quantitative estimate of drug-likeness (QED) is 0.876. The monoisotopic (exact) mass is 255 g/mol. The molecule has 0 radical (unpaired) electrons. The van der Waals surface area contributed by atoms with E-state index >= 15 is 0 Å². The number of rotatable bonds is 3. The molecule has 2 N–H and O–H groups in total. The molecular weight excluding hydrogens is 238 g/mol. The van der Waals surface area contributed by atoms with E-state index in [0.29, 0.717) is 12.5 Å². The van der Waals surface area contributed by atoms with Crippen molar-refractivity contribution in [2.45, 2.75) is 25.4 Å². The Morgan fingerprint density at radius 2 is 2.21 bits per heavy atom. The number of aromatic nitrogens is 1. The van der Waals surface area contributed by atoms with Gasteiger partial charge in [-0.05, 0) is 18.1 Å². The van der Waals surface area contributed by atoms with E-state index in [2.05, 4.69) is 39.9 Å². The van der Waals surface area contributed by atoms with Gasteiger partial charge in [0, 0.05) is 37.1 Å². The number of para-hydroxylation sites is 1. The molecule has 0 spiro atoms. The van der Waals surface area contributed by atoms with Gasteiger partial charge in [0.05, 0.1) is 5.52 Å². The number of fused-ring (bicyclic) bond motifs is 1. The molecule has 98 valence electrons. The van der Waals surface area contributed by atoms with Crippen LogP contribution in [0, 0.1) is 0 Å². The lowest BCUT2D eigenvalue weighted by atomic mass is 10.1. The maximum atomic E-state index is 11.1. The van der Waals surface area contributed by atoms with Crippen LogP contribution in [-0.2, 0) is 11.3 Å². The summed E-state index contributed by atoms with van der Waals surface area (Å²) in [5, 5.41) is 7.55. The number of piperidine rings is 1. The molecule has 1 fully saturated rings. The molecule has 0 saturated carbocycles. The number of carbonyl (C=O) groups excluding carboxylic acids is 1. The molecule has 4 heteroatoms. The summed E-state index contributed by atoms with van der Waals surface area (Å²) in [6.45, 7) is 1.51.